The van der Waals surface area contributed by atoms with Crippen LogP contribution in [0.3, 0.4) is 0 Å². The largest absolute Gasteiger partial charge is 1.00 e. The Balaban J connectivity index is 0.00000324. The maximum absolute atomic E-state index is 13.2. The van der Waals surface area contributed by atoms with Crippen molar-refractivity contribution in [1.29, 1.82) is 0 Å². The number of rotatable bonds is 5. The molecule has 0 aliphatic rings. The van der Waals surface area contributed by atoms with Gasteiger partial charge in [0, 0.05) is 5.56 Å². The summed E-state index contributed by atoms with van der Waals surface area (Å²) < 4.78 is 74.0. The first-order chi connectivity index (χ1) is 15.7. The SMILES string of the molecule is [C-]#[N+]c1c(C)c(N=Nc2snc(C)c2C)c(=O)n(-c2cc(S(=O)(=O)[O-])ccc2S(=O)(=O)[O-])c1O.[K+].[K+]. The van der Waals surface area contributed by atoms with E-state index in [1.165, 1.54) is 6.92 Å². The molecule has 0 unspecified atom stereocenters. The van der Waals surface area contributed by atoms with E-state index in [-0.39, 0.29) is 113 Å². The van der Waals surface area contributed by atoms with Crippen LogP contribution in [0.2, 0.25) is 0 Å². The standard InChI is InChI=1S/C18H15N5O8S3.2K/c1-8-10(3)22-32-16(8)21-20-15-9(2)14(19-4)17(24)23(18(15)25)12-7-11(33(26,27)28)5-6-13(12)34(29,30)31;;/h5-7,24H,1-3H3,(H,26,27,28)(H,29,30,31);;/q;2*+1/p-2. The normalized spacial score (nSPS) is 11.6. The summed E-state index contributed by atoms with van der Waals surface area (Å²) in [4.78, 5) is 14.3. The fourth-order valence-corrected chi connectivity index (χ4v) is 4.71. The van der Waals surface area contributed by atoms with Gasteiger partial charge in [0.2, 0.25) is 5.88 Å². The summed E-state index contributed by atoms with van der Waals surface area (Å²) >= 11 is 0.980. The van der Waals surface area contributed by atoms with Crippen LogP contribution in [0, 0.1) is 27.3 Å². The van der Waals surface area contributed by atoms with Crippen LogP contribution >= 0.6 is 11.5 Å². The molecule has 0 atom stereocenters. The molecule has 0 radical (unpaired) electrons. The van der Waals surface area contributed by atoms with Gasteiger partial charge in [0.15, 0.2) is 5.00 Å². The summed E-state index contributed by atoms with van der Waals surface area (Å²) in [6, 6.07) is 1.52. The number of pyridine rings is 1. The van der Waals surface area contributed by atoms with Crippen LogP contribution in [0.1, 0.15) is 16.8 Å². The first-order valence-corrected chi connectivity index (χ1v) is 12.5. The Morgan fingerprint density at radius 2 is 1.67 bits per heavy atom. The zero-order valence-corrected chi connectivity index (χ0v) is 28.2. The molecule has 3 aromatic rings. The van der Waals surface area contributed by atoms with E-state index < -0.39 is 58.5 Å². The third-order valence-corrected chi connectivity index (χ3v) is 7.40. The van der Waals surface area contributed by atoms with Gasteiger partial charge in [-0.25, -0.2) is 21.7 Å². The van der Waals surface area contributed by atoms with E-state index in [1.54, 1.807) is 13.8 Å². The number of hydrogen-bond donors (Lipinski definition) is 1. The van der Waals surface area contributed by atoms with E-state index in [4.69, 9.17) is 6.57 Å². The Bertz CT molecular complexity index is 1690. The van der Waals surface area contributed by atoms with E-state index >= 15 is 0 Å². The van der Waals surface area contributed by atoms with Crippen LogP contribution in [-0.4, -0.2) is 40.0 Å². The van der Waals surface area contributed by atoms with Gasteiger partial charge >= 0.3 is 103 Å². The van der Waals surface area contributed by atoms with Crippen molar-refractivity contribution in [3.05, 3.63) is 56.8 Å². The van der Waals surface area contributed by atoms with Gasteiger partial charge in [-0.05, 0) is 56.1 Å². The number of hydrogen-bond acceptors (Lipinski definition) is 12. The molecule has 0 amide bonds. The Morgan fingerprint density at radius 1 is 1.06 bits per heavy atom. The molecule has 0 aliphatic carbocycles. The summed E-state index contributed by atoms with van der Waals surface area (Å²) in [5, 5.41) is 18.7. The van der Waals surface area contributed by atoms with Crippen molar-refractivity contribution in [3.63, 3.8) is 0 Å². The summed E-state index contributed by atoms with van der Waals surface area (Å²) in [6.45, 7) is 12.1. The monoisotopic (exact) mass is 601 g/mol. The minimum Gasteiger partial charge on any atom is -0.744 e. The number of azo groups is 1. The van der Waals surface area contributed by atoms with Crippen molar-refractivity contribution >= 4 is 48.1 Å². The second-order valence-corrected chi connectivity index (χ2v) is 10.3. The molecule has 0 aliphatic heterocycles. The van der Waals surface area contributed by atoms with Crippen LogP contribution in [0.4, 0.5) is 16.4 Å². The third kappa shape index (κ3) is 6.85. The molecule has 1 aromatic carbocycles. The zero-order valence-electron chi connectivity index (χ0n) is 19.5. The van der Waals surface area contributed by atoms with Crippen LogP contribution in [-0.2, 0) is 20.2 Å². The summed E-state index contributed by atoms with van der Waals surface area (Å²) in [6.07, 6.45) is 0. The molecule has 0 bridgehead atoms. The number of benzene rings is 1. The molecule has 0 saturated carbocycles. The number of aryl methyl sites for hydroxylation is 1. The number of nitrogens with zero attached hydrogens (tertiary/aromatic N) is 5. The molecule has 18 heteroatoms. The topological polar surface area (TPSA) is 199 Å². The average molecular weight is 602 g/mol. The van der Waals surface area contributed by atoms with E-state index in [9.17, 15) is 35.8 Å². The minimum absolute atomic E-state index is 0. The molecular formula is C18H13K2N5O8S3. The van der Waals surface area contributed by atoms with Gasteiger partial charge < -0.3 is 14.2 Å². The Labute approximate surface area is 295 Å². The van der Waals surface area contributed by atoms with Gasteiger partial charge in [-0.3, -0.25) is 9.36 Å². The van der Waals surface area contributed by atoms with Gasteiger partial charge in [0.05, 0.1) is 27.7 Å². The van der Waals surface area contributed by atoms with E-state index in [0.717, 1.165) is 11.5 Å². The first-order valence-electron chi connectivity index (χ1n) is 8.95. The molecule has 0 spiro atoms. The summed E-state index contributed by atoms with van der Waals surface area (Å²) in [7, 11) is -10.5. The van der Waals surface area contributed by atoms with Gasteiger partial charge in [0.25, 0.3) is 11.2 Å². The van der Waals surface area contributed by atoms with Gasteiger partial charge in [0.1, 0.15) is 25.9 Å². The summed E-state index contributed by atoms with van der Waals surface area (Å²) in [5.41, 5.74) is -1.99. The van der Waals surface area contributed by atoms with Crippen LogP contribution in [0.25, 0.3) is 10.5 Å². The van der Waals surface area contributed by atoms with Gasteiger partial charge in [-0.2, -0.15) is 4.37 Å². The molecule has 0 fully saturated rings. The average Bonchev–Trinajstić information content (AvgIpc) is 3.04. The van der Waals surface area contributed by atoms with E-state index in [0.29, 0.717) is 34.5 Å². The minimum atomic E-state index is -5.33. The second-order valence-electron chi connectivity index (χ2n) is 6.83. The third-order valence-electron chi connectivity index (χ3n) is 4.75. The molecule has 13 nitrogen and oxygen atoms in total. The van der Waals surface area contributed by atoms with Crippen molar-refractivity contribution in [1.82, 2.24) is 8.94 Å². The molecule has 0 saturated heterocycles. The molecule has 1 N–H and O–H groups in total. The number of aromatic nitrogens is 2. The van der Waals surface area contributed by atoms with Gasteiger partial charge in [-0.1, -0.05) is 0 Å². The van der Waals surface area contributed by atoms with Crippen molar-refractivity contribution in [3.8, 4) is 11.6 Å². The Hall–Kier alpha value is -0.217. The van der Waals surface area contributed by atoms with E-state index in [1.807, 2.05) is 0 Å². The van der Waals surface area contributed by atoms with Crippen molar-refractivity contribution in [2.75, 3.05) is 0 Å². The fourth-order valence-electron chi connectivity index (χ4n) is 2.85. The number of aromatic hydroxyl groups is 1. The molecule has 2 heterocycles. The predicted octanol–water partition coefficient (Wildman–Crippen LogP) is -3.29. The second kappa shape index (κ2) is 12.8. The fraction of sp³-hybridized carbons (Fsp3) is 0.167. The maximum Gasteiger partial charge on any atom is 1.00 e. The molecular weight excluding hydrogens is 589 g/mol. The van der Waals surface area contributed by atoms with E-state index in [2.05, 4.69) is 19.4 Å². The Morgan fingerprint density at radius 3 is 2.14 bits per heavy atom. The smallest absolute Gasteiger partial charge is 0.744 e. The molecule has 2 aromatic heterocycles. The maximum atomic E-state index is 13.2. The quantitative estimate of drug-likeness (QED) is 0.135. The van der Waals surface area contributed by atoms with Crippen LogP contribution in [0.15, 0.2) is 43.0 Å². The Kier molecular flexibility index (Phi) is 12.0. The van der Waals surface area contributed by atoms with Crippen molar-refractivity contribution < 1.29 is 134 Å². The zero-order chi connectivity index (χ0) is 25.6. The van der Waals surface area contributed by atoms with Crippen LogP contribution in [0.5, 0.6) is 5.88 Å². The summed E-state index contributed by atoms with van der Waals surface area (Å²) in [5.74, 6) is -1.09. The van der Waals surface area contributed by atoms with Crippen molar-refractivity contribution in [2.45, 2.75) is 30.6 Å². The van der Waals surface area contributed by atoms with Gasteiger partial charge in [-0.15, -0.1) is 10.2 Å². The van der Waals surface area contributed by atoms with Crippen LogP contribution < -0.4 is 108 Å². The first kappa shape index (κ1) is 33.8. The predicted molar refractivity (Wildman–Crippen MR) is 116 cm³/mol. The molecule has 3 rings (SSSR count). The van der Waals surface area contributed by atoms with Crippen molar-refractivity contribution in [2.24, 2.45) is 10.2 Å². The molecule has 178 valence electrons. The molecule has 36 heavy (non-hydrogen) atoms.